The van der Waals surface area contributed by atoms with Gasteiger partial charge in [0.1, 0.15) is 23.1 Å². The van der Waals surface area contributed by atoms with Crippen LogP contribution in [0.2, 0.25) is 0 Å². The lowest BCUT2D eigenvalue weighted by Gasteiger charge is -2.25. The fourth-order valence-corrected chi connectivity index (χ4v) is 5.11. The van der Waals surface area contributed by atoms with E-state index < -0.39 is 23.8 Å². The Labute approximate surface area is 253 Å². The van der Waals surface area contributed by atoms with Gasteiger partial charge in [0.15, 0.2) is 0 Å². The van der Waals surface area contributed by atoms with E-state index in [9.17, 15) is 18.7 Å². The Balaban J connectivity index is 1.29. The summed E-state index contributed by atoms with van der Waals surface area (Å²) in [5, 5.41) is 17.0. The average molecular weight is 671 g/mol. The van der Waals surface area contributed by atoms with Gasteiger partial charge in [-0.15, -0.1) is 0 Å². The number of amides is 1. The first-order valence-electron chi connectivity index (χ1n) is 13.5. The van der Waals surface area contributed by atoms with Crippen LogP contribution in [0.15, 0.2) is 97.1 Å². The fourth-order valence-electron chi connectivity index (χ4n) is 4.50. The molecule has 5 nitrogen and oxygen atoms in total. The first-order chi connectivity index (χ1) is 19.8. The SMILES string of the molecule is O=C(CCCc1ccc(Oc2ccccc2)cc1)NC(Cc1cc(F)cc(F)c1)C(O)CNCc1cccc(I)c1. The van der Waals surface area contributed by atoms with Crippen LogP contribution in [-0.4, -0.2) is 29.7 Å². The zero-order chi connectivity index (χ0) is 29.0. The number of aryl methyl sites for hydroxylation is 1. The Morgan fingerprint density at radius 2 is 1.54 bits per heavy atom. The molecule has 8 heteroatoms. The van der Waals surface area contributed by atoms with E-state index in [1.54, 1.807) is 0 Å². The first kappa shape index (κ1) is 30.6. The predicted octanol–water partition coefficient (Wildman–Crippen LogP) is 6.56. The Bertz CT molecular complexity index is 1380. The number of carbonyl (C=O) groups is 1. The summed E-state index contributed by atoms with van der Waals surface area (Å²) in [6, 6.07) is 27.8. The zero-order valence-electron chi connectivity index (χ0n) is 22.5. The number of hydrogen-bond acceptors (Lipinski definition) is 4. The van der Waals surface area contributed by atoms with Crippen molar-refractivity contribution < 1.29 is 23.4 Å². The second-order valence-corrected chi connectivity index (χ2v) is 11.1. The third-order valence-corrected chi connectivity index (χ3v) is 7.20. The van der Waals surface area contributed by atoms with Gasteiger partial charge in [0, 0.05) is 29.1 Å². The van der Waals surface area contributed by atoms with E-state index in [2.05, 4.69) is 33.2 Å². The minimum atomic E-state index is -0.967. The lowest BCUT2D eigenvalue weighted by Crippen LogP contribution is -2.48. The number of ether oxygens (including phenoxy) is 1. The highest BCUT2D eigenvalue weighted by molar-refractivity contribution is 14.1. The molecule has 4 rings (SSSR count). The molecule has 0 aliphatic carbocycles. The van der Waals surface area contributed by atoms with Gasteiger partial charge in [0.25, 0.3) is 0 Å². The molecule has 3 N–H and O–H groups in total. The summed E-state index contributed by atoms with van der Waals surface area (Å²) in [6.45, 7) is 0.740. The standard InChI is InChI=1S/C33H33F2IN2O3/c34-26-16-25(17-27(35)20-26)19-31(32(39)22-37-21-24-7-4-8-28(36)18-24)38-33(40)11-5-6-23-12-14-30(15-13-23)41-29-9-2-1-3-10-29/h1-4,7-10,12-18,20,31-32,37,39H,5-6,11,19,21-22H2,(H,38,40). The van der Waals surface area contributed by atoms with Gasteiger partial charge in [-0.3, -0.25) is 4.79 Å². The topological polar surface area (TPSA) is 70.6 Å². The van der Waals surface area contributed by atoms with Gasteiger partial charge in [0.2, 0.25) is 5.91 Å². The highest BCUT2D eigenvalue weighted by Gasteiger charge is 2.22. The van der Waals surface area contributed by atoms with Crippen LogP contribution in [0.4, 0.5) is 8.78 Å². The molecule has 0 fully saturated rings. The molecule has 0 aliphatic rings. The van der Waals surface area contributed by atoms with Crippen molar-refractivity contribution in [2.24, 2.45) is 0 Å². The summed E-state index contributed by atoms with van der Waals surface area (Å²) in [6.07, 6.45) is 0.672. The van der Waals surface area contributed by atoms with E-state index in [-0.39, 0.29) is 25.3 Å². The van der Waals surface area contributed by atoms with E-state index in [1.165, 1.54) is 12.1 Å². The highest BCUT2D eigenvalue weighted by Crippen LogP contribution is 2.22. The number of aliphatic hydroxyl groups is 1. The number of aliphatic hydroxyl groups excluding tert-OH is 1. The van der Waals surface area contributed by atoms with Crippen molar-refractivity contribution in [1.29, 1.82) is 0 Å². The Morgan fingerprint density at radius 1 is 0.829 bits per heavy atom. The maximum Gasteiger partial charge on any atom is 0.220 e. The van der Waals surface area contributed by atoms with Gasteiger partial charge in [-0.2, -0.15) is 0 Å². The van der Waals surface area contributed by atoms with Gasteiger partial charge < -0.3 is 20.5 Å². The molecule has 0 radical (unpaired) electrons. The maximum absolute atomic E-state index is 13.8. The molecular weight excluding hydrogens is 637 g/mol. The summed E-state index contributed by atoms with van der Waals surface area (Å²) in [5.74, 6) is -0.126. The number of benzene rings is 4. The predicted molar refractivity (Wildman–Crippen MR) is 165 cm³/mol. The molecule has 0 heterocycles. The summed E-state index contributed by atoms with van der Waals surface area (Å²) in [7, 11) is 0. The number of halogens is 3. The van der Waals surface area contributed by atoms with Gasteiger partial charge in [0.05, 0.1) is 12.1 Å². The van der Waals surface area contributed by atoms with Crippen LogP contribution in [-0.2, 0) is 24.2 Å². The normalized spacial score (nSPS) is 12.5. The number of carbonyl (C=O) groups excluding carboxylic acids is 1. The first-order valence-corrected chi connectivity index (χ1v) is 14.6. The van der Waals surface area contributed by atoms with Gasteiger partial charge in [-0.05, 0) is 107 Å². The van der Waals surface area contributed by atoms with Crippen LogP contribution in [0.1, 0.15) is 29.5 Å². The van der Waals surface area contributed by atoms with Gasteiger partial charge >= 0.3 is 0 Å². The molecule has 2 atom stereocenters. The summed E-state index contributed by atoms with van der Waals surface area (Å²) < 4.78 is 34.6. The van der Waals surface area contributed by atoms with E-state index in [4.69, 9.17) is 4.74 Å². The molecular formula is C33H33F2IN2O3. The van der Waals surface area contributed by atoms with Crippen LogP contribution in [0.25, 0.3) is 0 Å². The molecule has 2 unspecified atom stereocenters. The summed E-state index contributed by atoms with van der Waals surface area (Å²) in [4.78, 5) is 12.9. The second-order valence-electron chi connectivity index (χ2n) is 9.90. The van der Waals surface area contributed by atoms with Gasteiger partial charge in [-0.25, -0.2) is 8.78 Å². The summed E-state index contributed by atoms with van der Waals surface area (Å²) >= 11 is 2.24. The van der Waals surface area contributed by atoms with Crippen molar-refractivity contribution in [2.45, 2.75) is 44.4 Å². The monoisotopic (exact) mass is 670 g/mol. The fraction of sp³-hybridized carbons (Fsp3) is 0.242. The minimum Gasteiger partial charge on any atom is -0.457 e. The average Bonchev–Trinajstić information content (AvgIpc) is 2.94. The molecule has 0 aliphatic heterocycles. The number of nitrogens with one attached hydrogen (secondary N) is 2. The third-order valence-electron chi connectivity index (χ3n) is 6.53. The molecule has 214 valence electrons. The van der Waals surface area contributed by atoms with Crippen molar-refractivity contribution in [3.8, 4) is 11.5 Å². The van der Waals surface area contributed by atoms with E-state index in [0.717, 1.165) is 32.3 Å². The van der Waals surface area contributed by atoms with Crippen LogP contribution in [0.5, 0.6) is 11.5 Å². The quantitative estimate of drug-likeness (QED) is 0.133. The van der Waals surface area contributed by atoms with Crippen molar-refractivity contribution >= 4 is 28.5 Å². The van der Waals surface area contributed by atoms with Crippen molar-refractivity contribution in [1.82, 2.24) is 10.6 Å². The van der Waals surface area contributed by atoms with Crippen molar-refractivity contribution in [2.75, 3.05) is 6.54 Å². The van der Waals surface area contributed by atoms with Gasteiger partial charge in [-0.1, -0.05) is 42.5 Å². The molecule has 0 saturated heterocycles. The van der Waals surface area contributed by atoms with Crippen LogP contribution < -0.4 is 15.4 Å². The maximum atomic E-state index is 13.8. The highest BCUT2D eigenvalue weighted by atomic mass is 127. The van der Waals surface area contributed by atoms with E-state index >= 15 is 0 Å². The Morgan fingerprint density at radius 3 is 2.24 bits per heavy atom. The lowest BCUT2D eigenvalue weighted by molar-refractivity contribution is -0.122. The van der Waals surface area contributed by atoms with E-state index in [0.29, 0.717) is 24.9 Å². The molecule has 0 bridgehead atoms. The molecule has 1 amide bonds. The third kappa shape index (κ3) is 10.5. The number of para-hydroxylation sites is 1. The van der Waals surface area contributed by atoms with Crippen LogP contribution in [0.3, 0.4) is 0 Å². The largest absolute Gasteiger partial charge is 0.457 e. The zero-order valence-corrected chi connectivity index (χ0v) is 24.7. The van der Waals surface area contributed by atoms with Crippen molar-refractivity contribution in [3.05, 3.63) is 129 Å². The van der Waals surface area contributed by atoms with E-state index in [1.807, 2.05) is 78.9 Å². The second kappa shape index (κ2) is 15.6. The Hall–Kier alpha value is -3.34. The minimum absolute atomic E-state index is 0.0926. The lowest BCUT2D eigenvalue weighted by atomic mass is 10.00. The molecule has 0 spiro atoms. The Kier molecular flexibility index (Phi) is 11.7. The smallest absolute Gasteiger partial charge is 0.220 e. The molecule has 4 aromatic rings. The van der Waals surface area contributed by atoms with Crippen molar-refractivity contribution in [3.63, 3.8) is 0 Å². The van der Waals surface area contributed by atoms with Crippen LogP contribution >= 0.6 is 22.6 Å². The number of hydrogen-bond donors (Lipinski definition) is 3. The molecule has 4 aromatic carbocycles. The molecule has 0 saturated carbocycles. The molecule has 41 heavy (non-hydrogen) atoms. The van der Waals surface area contributed by atoms with Crippen LogP contribution in [0, 0.1) is 15.2 Å². The summed E-state index contributed by atoms with van der Waals surface area (Å²) in [5.41, 5.74) is 2.50. The molecule has 0 aromatic heterocycles. The number of rotatable bonds is 14.